The van der Waals surface area contributed by atoms with Crippen LogP contribution in [0.15, 0.2) is 16.6 Å². The number of hydrogen-bond acceptors (Lipinski definition) is 5. The van der Waals surface area contributed by atoms with Gasteiger partial charge >= 0.3 is 0 Å². The summed E-state index contributed by atoms with van der Waals surface area (Å²) in [6, 6.07) is 2.01. The number of aryl methyl sites for hydroxylation is 1. The van der Waals surface area contributed by atoms with Gasteiger partial charge in [0.15, 0.2) is 5.82 Å². The zero-order valence-electron chi connectivity index (χ0n) is 11.7. The van der Waals surface area contributed by atoms with E-state index in [1.54, 1.807) is 4.57 Å². The molecule has 2 aromatic heterocycles. The Morgan fingerprint density at radius 2 is 2.00 bits per heavy atom. The first-order valence-corrected chi connectivity index (χ1v) is 9.32. The van der Waals surface area contributed by atoms with Crippen LogP contribution in [0.5, 0.6) is 0 Å². The van der Waals surface area contributed by atoms with Gasteiger partial charge in [0.1, 0.15) is 0 Å². The zero-order valence-corrected chi connectivity index (χ0v) is 14.1. The molecule has 2 rings (SSSR count). The molecule has 0 fully saturated rings. The lowest BCUT2D eigenvalue weighted by Crippen LogP contribution is -2.25. The van der Waals surface area contributed by atoms with Crippen molar-refractivity contribution >= 4 is 31.1 Å². The second kappa shape index (κ2) is 5.13. The van der Waals surface area contributed by atoms with Crippen LogP contribution in [0.4, 0.5) is 0 Å². The lowest BCUT2D eigenvalue weighted by atomic mass is 10.1. The van der Waals surface area contributed by atoms with E-state index in [0.29, 0.717) is 5.82 Å². The van der Waals surface area contributed by atoms with Gasteiger partial charge in [0.05, 0.1) is 4.88 Å². The Bertz CT molecular complexity index is 726. The third kappa shape index (κ3) is 2.75. The van der Waals surface area contributed by atoms with E-state index in [2.05, 4.69) is 10.2 Å². The van der Waals surface area contributed by atoms with Crippen molar-refractivity contribution in [2.75, 3.05) is 0 Å². The third-order valence-electron chi connectivity index (χ3n) is 2.85. The van der Waals surface area contributed by atoms with E-state index in [9.17, 15) is 8.42 Å². The quantitative estimate of drug-likeness (QED) is 0.809. The minimum Gasteiger partial charge on any atom is -0.291 e. The summed E-state index contributed by atoms with van der Waals surface area (Å²) < 4.78 is 25.0. The molecule has 0 aliphatic rings. The Labute approximate surface area is 127 Å². The first-order chi connectivity index (χ1) is 9.16. The first kappa shape index (κ1) is 15.5. The molecule has 110 valence electrons. The van der Waals surface area contributed by atoms with Crippen LogP contribution < -0.4 is 0 Å². The minimum absolute atomic E-state index is 0.211. The second-order valence-corrected chi connectivity index (χ2v) is 8.75. The number of thiophene rings is 1. The Hall–Kier alpha value is -0.920. The Morgan fingerprint density at radius 1 is 1.35 bits per heavy atom. The van der Waals surface area contributed by atoms with Crippen molar-refractivity contribution in [2.45, 2.75) is 44.8 Å². The van der Waals surface area contributed by atoms with Gasteiger partial charge in [-0.3, -0.25) is 4.57 Å². The summed E-state index contributed by atoms with van der Waals surface area (Å²) in [6.07, 6.45) is 0.846. The molecule has 0 radical (unpaired) electrons. The molecule has 0 N–H and O–H groups in total. The molecule has 8 heteroatoms. The van der Waals surface area contributed by atoms with E-state index in [0.717, 1.165) is 16.9 Å². The molecule has 0 unspecified atom stereocenters. The largest absolute Gasteiger partial charge is 0.296 e. The van der Waals surface area contributed by atoms with E-state index in [4.69, 9.17) is 10.7 Å². The highest BCUT2D eigenvalue weighted by atomic mass is 35.7. The lowest BCUT2D eigenvalue weighted by Gasteiger charge is -2.23. The molecule has 0 aliphatic carbocycles. The normalized spacial score (nSPS) is 12.8. The summed E-state index contributed by atoms with van der Waals surface area (Å²) in [6.45, 7) is 7.72. The highest BCUT2D eigenvalue weighted by Gasteiger charge is 2.31. The summed E-state index contributed by atoms with van der Waals surface area (Å²) in [5.74, 6) is 0.545. The van der Waals surface area contributed by atoms with E-state index < -0.39 is 14.6 Å². The van der Waals surface area contributed by atoms with Gasteiger partial charge in [-0.15, -0.1) is 21.5 Å². The van der Waals surface area contributed by atoms with Crippen molar-refractivity contribution in [1.29, 1.82) is 0 Å². The van der Waals surface area contributed by atoms with E-state index >= 15 is 0 Å². The summed E-state index contributed by atoms with van der Waals surface area (Å²) >= 11 is 1.52. The van der Waals surface area contributed by atoms with Gasteiger partial charge in [-0.2, -0.15) is 0 Å². The monoisotopic (exact) mass is 333 g/mol. The van der Waals surface area contributed by atoms with Crippen molar-refractivity contribution in [2.24, 2.45) is 0 Å². The number of hydrogen-bond donors (Lipinski definition) is 0. The standard InChI is InChI=1S/C12H16ClN3O2S2/c1-5-8-6-7-19-9(8)10-14-15-11(20(13,17)18)16(10)12(2,3)4/h6-7H,5H2,1-4H3. The summed E-state index contributed by atoms with van der Waals surface area (Å²) in [4.78, 5) is 0.932. The van der Waals surface area contributed by atoms with Crippen molar-refractivity contribution < 1.29 is 8.42 Å². The van der Waals surface area contributed by atoms with E-state index in [1.165, 1.54) is 11.3 Å². The van der Waals surface area contributed by atoms with Gasteiger partial charge in [0, 0.05) is 16.2 Å². The lowest BCUT2D eigenvalue weighted by molar-refractivity contribution is 0.367. The van der Waals surface area contributed by atoms with Crippen molar-refractivity contribution in [1.82, 2.24) is 14.8 Å². The van der Waals surface area contributed by atoms with Gasteiger partial charge in [0.2, 0.25) is 0 Å². The van der Waals surface area contributed by atoms with Crippen molar-refractivity contribution in [3.8, 4) is 10.7 Å². The molecule has 0 saturated heterocycles. The van der Waals surface area contributed by atoms with Gasteiger partial charge < -0.3 is 0 Å². The summed E-state index contributed by atoms with van der Waals surface area (Å²) in [5, 5.41) is 9.60. The molecule has 0 amide bonds. The van der Waals surface area contributed by atoms with Gasteiger partial charge in [-0.25, -0.2) is 8.42 Å². The maximum atomic E-state index is 11.7. The highest BCUT2D eigenvalue weighted by molar-refractivity contribution is 8.13. The predicted molar refractivity (Wildman–Crippen MR) is 80.7 cm³/mol. The van der Waals surface area contributed by atoms with Crippen molar-refractivity contribution in [3.63, 3.8) is 0 Å². The molecular formula is C12H16ClN3O2S2. The average Bonchev–Trinajstić information content (AvgIpc) is 2.92. The molecule has 0 aromatic carbocycles. The SMILES string of the molecule is CCc1ccsc1-c1nnc(S(=O)(=O)Cl)n1C(C)(C)C. The smallest absolute Gasteiger partial charge is 0.291 e. The molecule has 0 saturated carbocycles. The fourth-order valence-electron chi connectivity index (χ4n) is 1.99. The number of aromatic nitrogens is 3. The predicted octanol–water partition coefficient (Wildman–Crippen LogP) is 3.25. The molecular weight excluding hydrogens is 318 g/mol. The molecule has 0 atom stereocenters. The van der Waals surface area contributed by atoms with Crippen LogP contribution in [-0.2, 0) is 21.0 Å². The molecule has 2 heterocycles. The Balaban J connectivity index is 2.77. The minimum atomic E-state index is -3.94. The molecule has 5 nitrogen and oxygen atoms in total. The van der Waals surface area contributed by atoms with Crippen LogP contribution in [-0.4, -0.2) is 23.2 Å². The van der Waals surface area contributed by atoms with Crippen LogP contribution in [0.25, 0.3) is 10.7 Å². The zero-order chi connectivity index (χ0) is 15.1. The second-order valence-electron chi connectivity index (χ2n) is 5.38. The van der Waals surface area contributed by atoms with Crippen LogP contribution >= 0.6 is 22.0 Å². The molecule has 0 bridgehead atoms. The number of rotatable bonds is 3. The van der Waals surface area contributed by atoms with Crippen LogP contribution in [0.3, 0.4) is 0 Å². The van der Waals surface area contributed by atoms with Gasteiger partial charge in [-0.1, -0.05) is 6.92 Å². The van der Waals surface area contributed by atoms with Gasteiger partial charge in [-0.05, 0) is 44.2 Å². The summed E-state index contributed by atoms with van der Waals surface area (Å²) in [5.41, 5.74) is 0.622. The molecule has 0 aliphatic heterocycles. The molecule has 20 heavy (non-hydrogen) atoms. The molecule has 2 aromatic rings. The number of halogens is 1. The maximum absolute atomic E-state index is 11.7. The van der Waals surface area contributed by atoms with Crippen molar-refractivity contribution in [3.05, 3.63) is 17.0 Å². The first-order valence-electron chi connectivity index (χ1n) is 6.13. The van der Waals surface area contributed by atoms with Crippen LogP contribution in [0.1, 0.15) is 33.3 Å². The molecule has 0 spiro atoms. The topological polar surface area (TPSA) is 64.8 Å². The average molecular weight is 334 g/mol. The van der Waals surface area contributed by atoms with E-state index in [1.807, 2.05) is 39.1 Å². The fourth-order valence-corrected chi connectivity index (χ4v) is 3.98. The third-order valence-corrected chi connectivity index (χ3v) is 4.92. The highest BCUT2D eigenvalue weighted by Crippen LogP contribution is 2.34. The van der Waals surface area contributed by atoms with Crippen LogP contribution in [0, 0.1) is 0 Å². The maximum Gasteiger partial charge on any atom is 0.296 e. The van der Waals surface area contributed by atoms with E-state index in [-0.39, 0.29) is 5.16 Å². The number of nitrogens with zero attached hydrogens (tertiary/aromatic N) is 3. The van der Waals surface area contributed by atoms with Gasteiger partial charge in [0.25, 0.3) is 14.2 Å². The van der Waals surface area contributed by atoms with Crippen LogP contribution in [0.2, 0.25) is 0 Å². The fraction of sp³-hybridized carbons (Fsp3) is 0.500. The summed E-state index contributed by atoms with van der Waals surface area (Å²) in [7, 11) is 1.53. The Kier molecular flexibility index (Phi) is 3.96. The Morgan fingerprint density at radius 3 is 2.50 bits per heavy atom.